The molecule has 0 spiro atoms. The standard InChI is InChI=1S/C18H21N5O4/c24-23(25)17-10-21-6-5-16(27-18(21)20-17)11-26-15-3-1-13(2-4-15)22-9-12-7-14(22)8-19-12/h1-4,10,12,14,16,19H,5-9,11H2/t12?,14?,16-/m0/s1. The number of aryl methyl sites for hydroxylation is 1. The second kappa shape index (κ2) is 6.41. The summed E-state index contributed by atoms with van der Waals surface area (Å²) in [6.07, 6.45) is 3.19. The lowest BCUT2D eigenvalue weighted by Gasteiger charge is -2.29. The SMILES string of the molecule is O=[N+]([O-])c1cn2c(n1)O[C@H](COc1ccc(N3CC4CC3CN4)cc1)CC2. The summed E-state index contributed by atoms with van der Waals surface area (Å²) < 4.78 is 13.3. The fraction of sp³-hybridized carbons (Fsp3) is 0.500. The van der Waals surface area contributed by atoms with Crippen molar-refractivity contribution in [2.45, 2.75) is 37.6 Å². The molecule has 4 heterocycles. The van der Waals surface area contributed by atoms with Gasteiger partial charge in [-0.2, -0.15) is 0 Å². The third kappa shape index (κ3) is 3.08. The zero-order valence-corrected chi connectivity index (χ0v) is 14.8. The van der Waals surface area contributed by atoms with Gasteiger partial charge in [0.15, 0.2) is 0 Å². The molecule has 1 aromatic carbocycles. The Morgan fingerprint density at radius 1 is 1.37 bits per heavy atom. The van der Waals surface area contributed by atoms with Crippen LogP contribution in [0.25, 0.3) is 0 Å². The van der Waals surface area contributed by atoms with Crippen LogP contribution in [0.5, 0.6) is 11.8 Å². The van der Waals surface area contributed by atoms with Crippen LogP contribution in [0.2, 0.25) is 0 Å². The number of hydrogen-bond acceptors (Lipinski definition) is 7. The predicted molar refractivity (Wildman–Crippen MR) is 97.4 cm³/mol. The molecule has 0 aliphatic carbocycles. The molecule has 3 atom stereocenters. The van der Waals surface area contributed by atoms with Crippen LogP contribution in [0.15, 0.2) is 30.5 Å². The average molecular weight is 371 g/mol. The first-order valence-electron chi connectivity index (χ1n) is 9.27. The van der Waals surface area contributed by atoms with Gasteiger partial charge in [-0.25, -0.2) is 0 Å². The Labute approximate surface area is 156 Å². The first-order chi connectivity index (χ1) is 13.2. The van der Waals surface area contributed by atoms with E-state index in [2.05, 4.69) is 27.3 Å². The Balaban J connectivity index is 1.17. The number of fused-ring (bicyclic) bond motifs is 3. The maximum atomic E-state index is 10.8. The number of hydrogen-bond donors (Lipinski definition) is 1. The molecule has 2 bridgehead atoms. The highest BCUT2D eigenvalue weighted by Crippen LogP contribution is 2.30. The maximum absolute atomic E-state index is 10.8. The van der Waals surface area contributed by atoms with Crippen LogP contribution in [0, 0.1) is 10.1 Å². The molecular formula is C18H21N5O4. The summed E-state index contributed by atoms with van der Waals surface area (Å²) in [6.45, 7) is 3.16. The van der Waals surface area contributed by atoms with Crippen molar-refractivity contribution in [1.29, 1.82) is 0 Å². The molecule has 3 aliphatic heterocycles. The molecule has 2 unspecified atom stereocenters. The van der Waals surface area contributed by atoms with Gasteiger partial charge in [0.25, 0.3) is 0 Å². The quantitative estimate of drug-likeness (QED) is 0.630. The van der Waals surface area contributed by atoms with Crippen LogP contribution < -0.4 is 19.7 Å². The number of nitrogens with one attached hydrogen (secondary N) is 1. The molecule has 3 aliphatic rings. The molecule has 0 saturated carbocycles. The minimum atomic E-state index is -0.510. The molecule has 2 fully saturated rings. The van der Waals surface area contributed by atoms with Crippen molar-refractivity contribution < 1.29 is 14.4 Å². The highest BCUT2D eigenvalue weighted by molar-refractivity contribution is 5.52. The molecule has 0 radical (unpaired) electrons. The summed E-state index contributed by atoms with van der Waals surface area (Å²) in [4.78, 5) is 16.7. The Morgan fingerprint density at radius 2 is 2.22 bits per heavy atom. The molecule has 142 valence electrons. The molecule has 2 aromatic rings. The third-order valence-electron chi connectivity index (χ3n) is 5.54. The maximum Gasteiger partial charge on any atom is 0.414 e. The number of nitrogens with zero attached hydrogens (tertiary/aromatic N) is 4. The number of imidazole rings is 1. The summed E-state index contributed by atoms with van der Waals surface area (Å²) in [5.74, 6) is 0.609. The van der Waals surface area contributed by atoms with E-state index < -0.39 is 4.92 Å². The number of nitro groups is 1. The molecule has 2 saturated heterocycles. The van der Waals surface area contributed by atoms with Crippen LogP contribution in [0.4, 0.5) is 11.5 Å². The largest absolute Gasteiger partial charge is 0.490 e. The number of anilines is 1. The van der Waals surface area contributed by atoms with Crippen LogP contribution in [0.3, 0.4) is 0 Å². The molecule has 9 nitrogen and oxygen atoms in total. The van der Waals surface area contributed by atoms with Crippen molar-refractivity contribution in [3.8, 4) is 11.8 Å². The minimum Gasteiger partial charge on any atom is -0.490 e. The van der Waals surface area contributed by atoms with Gasteiger partial charge in [-0.05, 0) is 35.6 Å². The lowest BCUT2D eigenvalue weighted by Crippen LogP contribution is -2.43. The molecule has 9 heteroatoms. The molecule has 1 aromatic heterocycles. The van der Waals surface area contributed by atoms with Crippen molar-refractivity contribution in [3.63, 3.8) is 0 Å². The summed E-state index contributed by atoms with van der Waals surface area (Å²) >= 11 is 0. The van der Waals surface area contributed by atoms with Crippen LogP contribution in [-0.4, -0.2) is 52.4 Å². The van der Waals surface area contributed by atoms with E-state index in [1.807, 2.05) is 12.1 Å². The molecule has 1 N–H and O–H groups in total. The fourth-order valence-corrected chi connectivity index (χ4v) is 4.14. The Kier molecular flexibility index (Phi) is 3.89. The smallest absolute Gasteiger partial charge is 0.414 e. The van der Waals surface area contributed by atoms with Crippen molar-refractivity contribution in [3.05, 3.63) is 40.6 Å². The minimum absolute atomic E-state index is 0.167. The molecule has 27 heavy (non-hydrogen) atoms. The van der Waals surface area contributed by atoms with Crippen LogP contribution in [0.1, 0.15) is 12.8 Å². The second-order valence-electron chi connectivity index (χ2n) is 7.31. The van der Waals surface area contributed by atoms with Crippen molar-refractivity contribution >= 4 is 11.5 Å². The van der Waals surface area contributed by atoms with Gasteiger partial charge >= 0.3 is 11.8 Å². The zero-order chi connectivity index (χ0) is 18.4. The van der Waals surface area contributed by atoms with Gasteiger partial charge in [-0.3, -0.25) is 4.57 Å². The summed E-state index contributed by atoms with van der Waals surface area (Å²) in [6, 6.07) is 9.70. The number of rotatable bonds is 5. The van der Waals surface area contributed by atoms with Crippen LogP contribution in [-0.2, 0) is 6.54 Å². The van der Waals surface area contributed by atoms with Gasteiger partial charge < -0.3 is 29.8 Å². The summed E-state index contributed by atoms with van der Waals surface area (Å²) in [5.41, 5.74) is 1.24. The lowest BCUT2D eigenvalue weighted by atomic mass is 10.2. The summed E-state index contributed by atoms with van der Waals surface area (Å²) in [5, 5.41) is 14.3. The Morgan fingerprint density at radius 3 is 2.93 bits per heavy atom. The van der Waals surface area contributed by atoms with Gasteiger partial charge in [-0.1, -0.05) is 0 Å². The van der Waals surface area contributed by atoms with E-state index in [9.17, 15) is 10.1 Å². The Bertz CT molecular complexity index is 852. The van der Waals surface area contributed by atoms with E-state index in [1.165, 1.54) is 18.3 Å². The van der Waals surface area contributed by atoms with E-state index in [0.717, 1.165) is 25.3 Å². The first kappa shape index (κ1) is 16.4. The van der Waals surface area contributed by atoms with E-state index in [0.29, 0.717) is 25.2 Å². The van der Waals surface area contributed by atoms with Crippen molar-refractivity contribution in [2.24, 2.45) is 0 Å². The number of piperazine rings is 1. The van der Waals surface area contributed by atoms with E-state index in [4.69, 9.17) is 9.47 Å². The lowest BCUT2D eigenvalue weighted by molar-refractivity contribution is -0.389. The third-order valence-corrected chi connectivity index (χ3v) is 5.54. The molecular weight excluding hydrogens is 350 g/mol. The zero-order valence-electron chi connectivity index (χ0n) is 14.8. The van der Waals surface area contributed by atoms with Gasteiger partial charge in [0.2, 0.25) is 0 Å². The molecule has 0 amide bonds. The van der Waals surface area contributed by atoms with Gasteiger partial charge in [0.1, 0.15) is 24.7 Å². The first-order valence-corrected chi connectivity index (χ1v) is 9.27. The topological polar surface area (TPSA) is 94.7 Å². The van der Waals surface area contributed by atoms with Gasteiger partial charge in [0, 0.05) is 48.8 Å². The fourth-order valence-electron chi connectivity index (χ4n) is 4.14. The van der Waals surface area contributed by atoms with Crippen LogP contribution >= 0.6 is 0 Å². The molecule has 5 rings (SSSR count). The summed E-state index contributed by atoms with van der Waals surface area (Å²) in [7, 11) is 0. The average Bonchev–Trinajstić information content (AvgIpc) is 3.41. The second-order valence-corrected chi connectivity index (χ2v) is 7.31. The normalized spacial score (nSPS) is 25.9. The van der Waals surface area contributed by atoms with Gasteiger partial charge in [-0.15, -0.1) is 0 Å². The number of benzene rings is 1. The number of aromatic nitrogens is 2. The predicted octanol–water partition coefficient (Wildman–Crippen LogP) is 1.57. The van der Waals surface area contributed by atoms with Crippen molar-refractivity contribution in [1.82, 2.24) is 14.9 Å². The van der Waals surface area contributed by atoms with E-state index in [-0.39, 0.29) is 17.9 Å². The van der Waals surface area contributed by atoms with Crippen molar-refractivity contribution in [2.75, 3.05) is 24.6 Å². The monoisotopic (exact) mass is 371 g/mol. The highest BCUT2D eigenvalue weighted by Gasteiger charge is 2.37. The Hall–Kier alpha value is -2.81. The highest BCUT2D eigenvalue weighted by atomic mass is 16.6. The van der Waals surface area contributed by atoms with Gasteiger partial charge in [0.05, 0.1) is 0 Å². The number of ether oxygens (including phenoxy) is 2. The van der Waals surface area contributed by atoms with E-state index >= 15 is 0 Å². The van der Waals surface area contributed by atoms with E-state index in [1.54, 1.807) is 4.57 Å².